The zero-order chi connectivity index (χ0) is 9.30. The van der Waals surface area contributed by atoms with E-state index in [0.717, 1.165) is 0 Å². The van der Waals surface area contributed by atoms with Crippen molar-refractivity contribution in [3.63, 3.8) is 0 Å². The number of nitrogens with zero attached hydrogens (tertiary/aromatic N) is 3. The Labute approximate surface area is 68.5 Å². The Balaban J connectivity index is 3.37. The van der Waals surface area contributed by atoms with E-state index < -0.39 is 0 Å². The van der Waals surface area contributed by atoms with Gasteiger partial charge in [-0.25, -0.2) is 4.79 Å². The number of hydrogen-bond donors (Lipinski definition) is 2. The summed E-state index contributed by atoms with van der Waals surface area (Å²) < 4.78 is 2.66. The molecule has 0 aliphatic carbocycles. The molecule has 3 N–H and O–H groups in total. The monoisotopic (exact) mass is 170 g/mol. The highest BCUT2D eigenvalue weighted by Gasteiger charge is 2.08. The second-order valence-corrected chi connectivity index (χ2v) is 2.45. The van der Waals surface area contributed by atoms with Crippen LogP contribution in [0.25, 0.3) is 0 Å². The number of hydrogen-bond acceptors (Lipinski definition) is 3. The third-order valence-electron chi connectivity index (χ3n) is 1.64. The zero-order valence-corrected chi connectivity index (χ0v) is 6.85. The summed E-state index contributed by atoms with van der Waals surface area (Å²) in [6.07, 6.45) is 1.50. The van der Waals surface area contributed by atoms with Gasteiger partial charge in [0.25, 0.3) is 0 Å². The molecule has 0 aliphatic heterocycles. The fourth-order valence-electron chi connectivity index (χ4n) is 0.954. The van der Waals surface area contributed by atoms with E-state index in [-0.39, 0.29) is 11.5 Å². The lowest BCUT2D eigenvalue weighted by Crippen LogP contribution is -2.24. The summed E-state index contributed by atoms with van der Waals surface area (Å²) in [6.45, 7) is 0. The lowest BCUT2D eigenvalue weighted by molar-refractivity contribution is 0.318. The van der Waals surface area contributed by atoms with E-state index in [0.29, 0.717) is 5.69 Å². The van der Waals surface area contributed by atoms with Crippen LogP contribution in [-0.2, 0) is 14.1 Å². The van der Waals surface area contributed by atoms with Crippen LogP contribution in [0.3, 0.4) is 0 Å². The number of oxime groups is 1. The summed E-state index contributed by atoms with van der Waals surface area (Å²) in [5.41, 5.74) is 5.49. The average molecular weight is 170 g/mol. The Bertz CT molecular complexity index is 373. The van der Waals surface area contributed by atoms with Gasteiger partial charge in [0.2, 0.25) is 0 Å². The first kappa shape index (κ1) is 8.38. The molecule has 0 spiro atoms. The van der Waals surface area contributed by atoms with Crippen LogP contribution in [0.1, 0.15) is 5.69 Å². The largest absolute Gasteiger partial charge is 0.409 e. The molecule has 0 unspecified atom stereocenters. The second kappa shape index (κ2) is 2.72. The highest BCUT2D eigenvalue weighted by molar-refractivity contribution is 5.95. The topological polar surface area (TPSA) is 85.5 Å². The molecule has 0 fully saturated rings. The van der Waals surface area contributed by atoms with Gasteiger partial charge < -0.3 is 15.5 Å². The smallest absolute Gasteiger partial charge is 0.328 e. The van der Waals surface area contributed by atoms with Crippen LogP contribution < -0.4 is 11.4 Å². The highest BCUT2D eigenvalue weighted by atomic mass is 16.4. The molecule has 1 rings (SSSR count). The molecule has 0 saturated carbocycles. The van der Waals surface area contributed by atoms with Crippen molar-refractivity contribution in [2.24, 2.45) is 25.0 Å². The summed E-state index contributed by atoms with van der Waals surface area (Å²) in [5, 5.41) is 11.1. The maximum atomic E-state index is 11.1. The summed E-state index contributed by atoms with van der Waals surface area (Å²) >= 11 is 0. The molecule has 12 heavy (non-hydrogen) atoms. The van der Waals surface area contributed by atoms with Gasteiger partial charge in [-0.3, -0.25) is 4.57 Å². The van der Waals surface area contributed by atoms with E-state index in [1.54, 1.807) is 14.1 Å². The first-order valence-corrected chi connectivity index (χ1v) is 3.28. The van der Waals surface area contributed by atoms with E-state index in [2.05, 4.69) is 5.16 Å². The highest BCUT2D eigenvalue weighted by Crippen LogP contribution is 1.92. The van der Waals surface area contributed by atoms with Crippen LogP contribution in [0.4, 0.5) is 0 Å². The Hall–Kier alpha value is -1.72. The molecule has 1 heterocycles. The molecule has 66 valence electrons. The third kappa shape index (κ3) is 1.07. The van der Waals surface area contributed by atoms with E-state index >= 15 is 0 Å². The number of rotatable bonds is 1. The van der Waals surface area contributed by atoms with Crippen molar-refractivity contribution >= 4 is 5.84 Å². The van der Waals surface area contributed by atoms with Gasteiger partial charge in [-0.1, -0.05) is 5.16 Å². The summed E-state index contributed by atoms with van der Waals surface area (Å²) in [5.74, 6) is -0.0739. The predicted octanol–water partition coefficient (Wildman–Crippen LogP) is -1.18. The van der Waals surface area contributed by atoms with Crippen molar-refractivity contribution in [3.8, 4) is 0 Å². The van der Waals surface area contributed by atoms with Crippen LogP contribution in [0.5, 0.6) is 0 Å². The molecule has 0 radical (unpaired) electrons. The first-order valence-electron chi connectivity index (χ1n) is 3.28. The zero-order valence-electron chi connectivity index (χ0n) is 6.85. The minimum absolute atomic E-state index is 0.0739. The minimum atomic E-state index is -0.211. The molecule has 0 saturated heterocycles. The van der Waals surface area contributed by atoms with Crippen molar-refractivity contribution in [1.82, 2.24) is 9.13 Å². The Morgan fingerprint density at radius 2 is 2.25 bits per heavy atom. The second-order valence-electron chi connectivity index (χ2n) is 2.45. The molecule has 0 bridgehead atoms. The molecule has 6 heteroatoms. The quantitative estimate of drug-likeness (QED) is 0.241. The van der Waals surface area contributed by atoms with E-state index in [1.165, 1.54) is 15.3 Å². The van der Waals surface area contributed by atoms with Crippen LogP contribution in [0.15, 0.2) is 16.1 Å². The molecule has 1 aromatic rings. The lowest BCUT2D eigenvalue weighted by Gasteiger charge is -1.95. The van der Waals surface area contributed by atoms with E-state index in [4.69, 9.17) is 10.9 Å². The molecule has 1 aromatic heterocycles. The van der Waals surface area contributed by atoms with Crippen LogP contribution in [0, 0.1) is 0 Å². The first-order chi connectivity index (χ1) is 5.57. The fourth-order valence-corrected chi connectivity index (χ4v) is 0.954. The Morgan fingerprint density at radius 3 is 2.58 bits per heavy atom. The van der Waals surface area contributed by atoms with Crippen molar-refractivity contribution in [3.05, 3.63) is 22.4 Å². The minimum Gasteiger partial charge on any atom is -0.409 e. The van der Waals surface area contributed by atoms with Crippen molar-refractivity contribution in [1.29, 1.82) is 0 Å². The maximum Gasteiger partial charge on any atom is 0.328 e. The molecule has 0 aromatic carbocycles. The van der Waals surface area contributed by atoms with Gasteiger partial charge in [-0.15, -0.1) is 0 Å². The lowest BCUT2D eigenvalue weighted by atomic mass is 10.4. The molecular weight excluding hydrogens is 160 g/mol. The molecule has 6 nitrogen and oxygen atoms in total. The molecule has 0 atom stereocenters. The van der Waals surface area contributed by atoms with Gasteiger partial charge in [0.05, 0.1) is 0 Å². The summed E-state index contributed by atoms with van der Waals surface area (Å²) in [4.78, 5) is 11.1. The maximum absolute atomic E-state index is 11.1. The average Bonchev–Trinajstić information content (AvgIpc) is 2.32. The van der Waals surface area contributed by atoms with Gasteiger partial charge in [-0.2, -0.15) is 0 Å². The Morgan fingerprint density at radius 1 is 1.67 bits per heavy atom. The summed E-state index contributed by atoms with van der Waals surface area (Å²) in [7, 11) is 3.15. The number of aromatic nitrogens is 2. The summed E-state index contributed by atoms with van der Waals surface area (Å²) in [6, 6.07) is 0. The predicted molar refractivity (Wildman–Crippen MR) is 43.2 cm³/mol. The van der Waals surface area contributed by atoms with E-state index in [1.807, 2.05) is 0 Å². The number of imidazole rings is 1. The van der Waals surface area contributed by atoms with Gasteiger partial charge in [-0.05, 0) is 0 Å². The number of amidine groups is 1. The Kier molecular flexibility index (Phi) is 1.90. The molecule has 0 aliphatic rings. The van der Waals surface area contributed by atoms with Crippen LogP contribution >= 0.6 is 0 Å². The van der Waals surface area contributed by atoms with Crippen molar-refractivity contribution in [2.75, 3.05) is 0 Å². The molecular formula is C6H10N4O2. The molecule has 0 amide bonds. The van der Waals surface area contributed by atoms with E-state index in [9.17, 15) is 4.79 Å². The van der Waals surface area contributed by atoms with Crippen LogP contribution in [0.2, 0.25) is 0 Å². The van der Waals surface area contributed by atoms with Gasteiger partial charge in [0, 0.05) is 20.3 Å². The number of aryl methyl sites for hydroxylation is 1. The fraction of sp³-hybridized carbons (Fsp3) is 0.333. The number of nitrogens with two attached hydrogens (primary N) is 1. The van der Waals surface area contributed by atoms with Crippen molar-refractivity contribution < 1.29 is 5.21 Å². The van der Waals surface area contributed by atoms with Gasteiger partial charge in [0.15, 0.2) is 5.84 Å². The van der Waals surface area contributed by atoms with Crippen LogP contribution in [-0.4, -0.2) is 20.2 Å². The third-order valence-corrected chi connectivity index (χ3v) is 1.64. The SMILES string of the molecule is Cn1cc(/C(N)=N\O)n(C)c1=O. The normalized spacial score (nSPS) is 12.0. The van der Waals surface area contributed by atoms with Crippen molar-refractivity contribution in [2.45, 2.75) is 0 Å². The standard InChI is InChI=1S/C6H10N4O2/c1-9-3-4(5(7)8-12)10(2)6(9)11/h3,12H,1-2H3,(H2,7,8). The van der Waals surface area contributed by atoms with Gasteiger partial charge in [0.1, 0.15) is 5.69 Å². The van der Waals surface area contributed by atoms with Gasteiger partial charge >= 0.3 is 5.69 Å².